The molecule has 1 heterocycles. The predicted octanol–water partition coefficient (Wildman–Crippen LogP) is 0.621. The maximum atomic E-state index is 8.63. The summed E-state index contributed by atoms with van der Waals surface area (Å²) in [4.78, 5) is 8.19. The third-order valence-electron chi connectivity index (χ3n) is 1.95. The zero-order chi connectivity index (χ0) is 10.4. The normalized spacial score (nSPS) is 9.93. The summed E-state index contributed by atoms with van der Waals surface area (Å²) in [6.45, 7) is 2.86. The maximum absolute atomic E-state index is 8.63. The molecule has 0 amide bonds. The largest absolute Gasteiger partial charge is 0.396 e. The molecule has 1 aromatic rings. The van der Waals surface area contributed by atoms with Gasteiger partial charge in [-0.15, -0.1) is 0 Å². The summed E-state index contributed by atoms with van der Waals surface area (Å²) in [6, 6.07) is 0. The summed E-state index contributed by atoms with van der Waals surface area (Å²) in [6.07, 6.45) is 2.23. The molecule has 5 nitrogen and oxygen atoms in total. The first kappa shape index (κ1) is 10.7. The van der Waals surface area contributed by atoms with Crippen LogP contribution < -0.4 is 10.6 Å². The average molecular weight is 196 g/mol. The molecular formula is C9H16N4O. The number of hydrogen-bond acceptors (Lipinski definition) is 5. The molecule has 14 heavy (non-hydrogen) atoms. The molecule has 0 saturated carbocycles. The highest BCUT2D eigenvalue weighted by atomic mass is 16.3. The summed E-state index contributed by atoms with van der Waals surface area (Å²) in [5.74, 6) is 1.64. The lowest BCUT2D eigenvalue weighted by Gasteiger charge is -2.10. The molecule has 0 saturated heterocycles. The lowest BCUT2D eigenvalue weighted by Crippen LogP contribution is -2.08. The highest BCUT2D eigenvalue weighted by Gasteiger charge is 2.03. The molecule has 3 N–H and O–H groups in total. The van der Waals surface area contributed by atoms with E-state index in [1.165, 1.54) is 6.33 Å². The van der Waals surface area contributed by atoms with Crippen molar-refractivity contribution in [1.29, 1.82) is 0 Å². The summed E-state index contributed by atoms with van der Waals surface area (Å²) < 4.78 is 0. The molecule has 0 atom stereocenters. The monoisotopic (exact) mass is 196 g/mol. The smallest absolute Gasteiger partial charge is 0.134 e. The topological polar surface area (TPSA) is 70.1 Å². The van der Waals surface area contributed by atoms with Crippen LogP contribution in [-0.2, 0) is 0 Å². The Hall–Kier alpha value is -1.36. The number of aliphatic hydroxyl groups excluding tert-OH is 1. The summed E-state index contributed by atoms with van der Waals surface area (Å²) >= 11 is 0. The van der Waals surface area contributed by atoms with Crippen molar-refractivity contribution in [2.24, 2.45) is 0 Å². The maximum Gasteiger partial charge on any atom is 0.134 e. The standard InChI is InChI=1S/C9H16N4O/c1-7-8(10-2)12-6-13-9(7)11-4-3-5-14/h6,14H,3-5H2,1-2H3,(H2,10,11,12,13). The van der Waals surface area contributed by atoms with Crippen LogP contribution in [0.5, 0.6) is 0 Å². The first-order chi connectivity index (χ1) is 6.79. The molecule has 0 aliphatic heterocycles. The number of anilines is 2. The van der Waals surface area contributed by atoms with E-state index in [1.54, 1.807) is 0 Å². The van der Waals surface area contributed by atoms with Gasteiger partial charge in [-0.25, -0.2) is 9.97 Å². The van der Waals surface area contributed by atoms with Crippen molar-refractivity contribution in [1.82, 2.24) is 9.97 Å². The van der Waals surface area contributed by atoms with Crippen molar-refractivity contribution in [2.45, 2.75) is 13.3 Å². The molecular weight excluding hydrogens is 180 g/mol. The second kappa shape index (κ2) is 5.39. The van der Waals surface area contributed by atoms with Gasteiger partial charge in [0.2, 0.25) is 0 Å². The minimum Gasteiger partial charge on any atom is -0.396 e. The molecule has 0 aliphatic carbocycles. The molecule has 0 radical (unpaired) electrons. The molecule has 1 rings (SSSR count). The van der Waals surface area contributed by atoms with Gasteiger partial charge >= 0.3 is 0 Å². The van der Waals surface area contributed by atoms with Crippen molar-refractivity contribution in [2.75, 3.05) is 30.8 Å². The van der Waals surface area contributed by atoms with Crippen LogP contribution in [0.15, 0.2) is 6.33 Å². The predicted molar refractivity (Wildman–Crippen MR) is 56.5 cm³/mol. The van der Waals surface area contributed by atoms with Gasteiger partial charge in [0.1, 0.15) is 18.0 Å². The van der Waals surface area contributed by atoms with E-state index in [9.17, 15) is 0 Å². The van der Waals surface area contributed by atoms with Gasteiger partial charge in [-0.2, -0.15) is 0 Å². The molecule has 0 aliphatic rings. The molecule has 0 unspecified atom stereocenters. The van der Waals surface area contributed by atoms with E-state index in [4.69, 9.17) is 5.11 Å². The number of rotatable bonds is 5. The first-order valence-electron chi connectivity index (χ1n) is 4.63. The molecule has 0 spiro atoms. The number of aromatic nitrogens is 2. The van der Waals surface area contributed by atoms with Crippen molar-refractivity contribution < 1.29 is 5.11 Å². The Labute approximate surface area is 83.6 Å². The third-order valence-corrected chi connectivity index (χ3v) is 1.95. The van der Waals surface area contributed by atoms with Gasteiger partial charge < -0.3 is 15.7 Å². The van der Waals surface area contributed by atoms with E-state index in [0.29, 0.717) is 0 Å². The molecule has 5 heteroatoms. The van der Waals surface area contributed by atoms with Crippen molar-refractivity contribution in [3.05, 3.63) is 11.9 Å². The molecule has 78 valence electrons. The Balaban J connectivity index is 2.66. The Kier molecular flexibility index (Phi) is 4.12. The van der Waals surface area contributed by atoms with Crippen LogP contribution in [0.4, 0.5) is 11.6 Å². The van der Waals surface area contributed by atoms with Gasteiger partial charge in [0.05, 0.1) is 0 Å². The molecule has 0 bridgehead atoms. The van der Waals surface area contributed by atoms with E-state index >= 15 is 0 Å². The quantitative estimate of drug-likeness (QED) is 0.602. The van der Waals surface area contributed by atoms with Crippen LogP contribution in [0.2, 0.25) is 0 Å². The fourth-order valence-corrected chi connectivity index (χ4v) is 1.17. The van der Waals surface area contributed by atoms with E-state index in [0.717, 1.165) is 30.2 Å². The Bertz CT molecular complexity index is 290. The second-order valence-corrected chi connectivity index (χ2v) is 2.95. The lowest BCUT2D eigenvalue weighted by atomic mass is 10.3. The van der Waals surface area contributed by atoms with Crippen LogP contribution in [0.3, 0.4) is 0 Å². The number of aliphatic hydroxyl groups is 1. The van der Waals surface area contributed by atoms with Gasteiger partial charge in [-0.3, -0.25) is 0 Å². The van der Waals surface area contributed by atoms with Crippen LogP contribution in [-0.4, -0.2) is 35.3 Å². The van der Waals surface area contributed by atoms with E-state index in [-0.39, 0.29) is 6.61 Å². The Morgan fingerprint density at radius 3 is 2.71 bits per heavy atom. The zero-order valence-electron chi connectivity index (χ0n) is 8.54. The van der Waals surface area contributed by atoms with Crippen molar-refractivity contribution in [3.8, 4) is 0 Å². The first-order valence-corrected chi connectivity index (χ1v) is 4.63. The van der Waals surface area contributed by atoms with Gasteiger partial charge in [0, 0.05) is 25.8 Å². The van der Waals surface area contributed by atoms with Gasteiger partial charge in [-0.1, -0.05) is 0 Å². The lowest BCUT2D eigenvalue weighted by molar-refractivity contribution is 0.292. The number of nitrogens with one attached hydrogen (secondary N) is 2. The summed E-state index contributed by atoms with van der Waals surface area (Å²) in [5.41, 5.74) is 0.993. The van der Waals surface area contributed by atoms with Gasteiger partial charge in [-0.05, 0) is 13.3 Å². The van der Waals surface area contributed by atoms with E-state index in [2.05, 4.69) is 20.6 Å². The number of hydrogen-bond donors (Lipinski definition) is 3. The van der Waals surface area contributed by atoms with Crippen molar-refractivity contribution in [3.63, 3.8) is 0 Å². The Morgan fingerprint density at radius 1 is 1.36 bits per heavy atom. The van der Waals surface area contributed by atoms with Gasteiger partial charge in [0.25, 0.3) is 0 Å². The van der Waals surface area contributed by atoms with Crippen LogP contribution >= 0.6 is 0 Å². The average Bonchev–Trinajstić information content (AvgIpc) is 2.21. The Morgan fingerprint density at radius 2 is 2.07 bits per heavy atom. The van der Waals surface area contributed by atoms with Crippen molar-refractivity contribution >= 4 is 11.6 Å². The molecule has 0 fully saturated rings. The molecule has 1 aromatic heterocycles. The highest BCUT2D eigenvalue weighted by Crippen LogP contribution is 2.16. The zero-order valence-corrected chi connectivity index (χ0v) is 8.54. The fraction of sp³-hybridized carbons (Fsp3) is 0.556. The number of nitrogens with zero attached hydrogens (tertiary/aromatic N) is 2. The fourth-order valence-electron chi connectivity index (χ4n) is 1.17. The summed E-state index contributed by atoms with van der Waals surface area (Å²) in [7, 11) is 1.83. The van der Waals surface area contributed by atoms with Gasteiger partial charge in [0.15, 0.2) is 0 Å². The third kappa shape index (κ3) is 2.56. The van der Waals surface area contributed by atoms with Crippen LogP contribution in [0, 0.1) is 6.92 Å². The van der Waals surface area contributed by atoms with E-state index in [1.807, 2.05) is 14.0 Å². The molecule has 0 aromatic carbocycles. The summed E-state index contributed by atoms with van der Waals surface area (Å²) in [5, 5.41) is 14.8. The van der Waals surface area contributed by atoms with Crippen LogP contribution in [0.1, 0.15) is 12.0 Å². The minimum absolute atomic E-state index is 0.190. The van der Waals surface area contributed by atoms with Crippen LogP contribution in [0.25, 0.3) is 0 Å². The SMILES string of the molecule is CNc1ncnc(NCCCO)c1C. The minimum atomic E-state index is 0.190. The second-order valence-electron chi connectivity index (χ2n) is 2.95. The highest BCUT2D eigenvalue weighted by molar-refractivity contribution is 5.55. The van der Waals surface area contributed by atoms with E-state index < -0.39 is 0 Å².